The lowest BCUT2D eigenvalue weighted by atomic mass is 9.88. The minimum Gasteiger partial charge on any atom is -0.388 e. The lowest BCUT2D eigenvalue weighted by Crippen LogP contribution is -2.41. The quantitative estimate of drug-likeness (QED) is 0.213. The van der Waals surface area contributed by atoms with Gasteiger partial charge in [-0.25, -0.2) is 4.79 Å². The Balaban J connectivity index is 2.32. The molecule has 2 heterocycles. The second-order valence-electron chi connectivity index (χ2n) is 7.99. The number of nitrogen functional groups attached to an aromatic ring is 1. The summed E-state index contributed by atoms with van der Waals surface area (Å²) in [6.45, 7) is 6.29. The summed E-state index contributed by atoms with van der Waals surface area (Å²) in [6, 6.07) is 0. The van der Waals surface area contributed by atoms with E-state index < -0.39 is 48.8 Å². The molecule has 31 heavy (non-hydrogen) atoms. The Kier molecular flexibility index (Phi) is 8.35. The summed E-state index contributed by atoms with van der Waals surface area (Å²) in [6.07, 6.45) is -3.18. The minimum atomic E-state index is -4.46. The van der Waals surface area contributed by atoms with Crippen LogP contribution in [0, 0.1) is 3.57 Å². The second kappa shape index (κ2) is 9.72. The summed E-state index contributed by atoms with van der Waals surface area (Å²) < 4.78 is 25.7. The lowest BCUT2D eigenvalue weighted by molar-refractivity contribution is -0.0775. The topological polar surface area (TPSA) is 177 Å². The van der Waals surface area contributed by atoms with Crippen LogP contribution < -0.4 is 11.4 Å². The molecule has 2 rings (SSSR count). The molecule has 178 valence electrons. The highest BCUT2D eigenvalue weighted by Gasteiger charge is 2.51. The van der Waals surface area contributed by atoms with Crippen molar-refractivity contribution >= 4 is 36.0 Å². The molecule has 11 nitrogen and oxygen atoms in total. The molecule has 13 heteroatoms. The Bertz CT molecular complexity index is 891. The van der Waals surface area contributed by atoms with Crippen LogP contribution in [0.5, 0.6) is 0 Å². The SMILES string of the molecule is CCC(CC)(C[C@H]1OC(n2cc(I)c(N)nc2=O)[C@H](O)[C@@H]1O)OP(=O)(O)C(C)(O)CC. The van der Waals surface area contributed by atoms with E-state index in [0.717, 1.165) is 4.57 Å². The Morgan fingerprint density at radius 2 is 1.87 bits per heavy atom. The molecule has 0 saturated carbocycles. The van der Waals surface area contributed by atoms with Crippen molar-refractivity contribution in [1.29, 1.82) is 0 Å². The molecule has 1 aliphatic heterocycles. The summed E-state index contributed by atoms with van der Waals surface area (Å²) in [7, 11) is -4.46. The van der Waals surface area contributed by atoms with E-state index >= 15 is 0 Å². The fraction of sp³-hybridized carbons (Fsp3) is 0.778. The van der Waals surface area contributed by atoms with E-state index in [0.29, 0.717) is 3.57 Å². The summed E-state index contributed by atoms with van der Waals surface area (Å²) in [5.74, 6) is 0.0393. The van der Waals surface area contributed by atoms with Gasteiger partial charge in [0.1, 0.15) is 18.0 Å². The van der Waals surface area contributed by atoms with Crippen molar-refractivity contribution in [3.63, 3.8) is 0 Å². The highest BCUT2D eigenvalue weighted by molar-refractivity contribution is 14.1. The molecule has 6 N–H and O–H groups in total. The molecular formula is C18H31IN3O8P. The van der Waals surface area contributed by atoms with Gasteiger partial charge in [-0.2, -0.15) is 4.98 Å². The molecule has 3 unspecified atom stereocenters. The van der Waals surface area contributed by atoms with Gasteiger partial charge in [-0.3, -0.25) is 13.7 Å². The first kappa shape index (κ1) is 26.7. The van der Waals surface area contributed by atoms with Gasteiger partial charge >= 0.3 is 13.3 Å². The molecule has 6 atom stereocenters. The van der Waals surface area contributed by atoms with Crippen LogP contribution in [0.15, 0.2) is 11.0 Å². The van der Waals surface area contributed by atoms with Crippen molar-refractivity contribution in [1.82, 2.24) is 9.55 Å². The zero-order chi connectivity index (χ0) is 23.8. The number of hydrogen-bond donors (Lipinski definition) is 5. The summed E-state index contributed by atoms with van der Waals surface area (Å²) >= 11 is 1.88. The van der Waals surface area contributed by atoms with Gasteiger partial charge in [0.25, 0.3) is 0 Å². The molecule has 0 bridgehead atoms. The van der Waals surface area contributed by atoms with Crippen molar-refractivity contribution in [2.24, 2.45) is 0 Å². The van der Waals surface area contributed by atoms with Crippen LogP contribution in [-0.2, 0) is 13.8 Å². The Hall–Kier alpha value is -0.600. The Morgan fingerprint density at radius 3 is 2.39 bits per heavy atom. The summed E-state index contributed by atoms with van der Waals surface area (Å²) in [5.41, 5.74) is 3.66. The molecular weight excluding hydrogens is 544 g/mol. The molecule has 1 aromatic heterocycles. The largest absolute Gasteiger partial charge is 0.388 e. The van der Waals surface area contributed by atoms with Crippen molar-refractivity contribution in [3.05, 3.63) is 20.3 Å². The molecule has 0 spiro atoms. The van der Waals surface area contributed by atoms with Gasteiger partial charge in [-0.1, -0.05) is 20.8 Å². The number of anilines is 1. The third kappa shape index (κ3) is 5.32. The van der Waals surface area contributed by atoms with Crippen molar-refractivity contribution in [2.75, 3.05) is 5.73 Å². The zero-order valence-electron chi connectivity index (χ0n) is 17.9. The van der Waals surface area contributed by atoms with Gasteiger partial charge < -0.3 is 30.7 Å². The molecule has 1 aromatic rings. The van der Waals surface area contributed by atoms with Crippen LogP contribution in [0.1, 0.15) is 59.6 Å². The van der Waals surface area contributed by atoms with Crippen LogP contribution in [0.2, 0.25) is 0 Å². The van der Waals surface area contributed by atoms with Crippen LogP contribution in [0.4, 0.5) is 5.82 Å². The highest BCUT2D eigenvalue weighted by atomic mass is 127. The number of aliphatic hydroxyl groups excluding tert-OH is 2. The third-order valence-corrected chi connectivity index (χ3v) is 9.00. The predicted octanol–water partition coefficient (Wildman–Crippen LogP) is 1.32. The standard InChI is InChI=1S/C18H31IN3O8P/c1-5-17(4,26)31(27,28)30-18(6-2,7-3)8-11-12(23)13(24)15(29-11)22-9-10(19)14(20)21-16(22)25/h9,11-13,15,23-24,26H,5-8H2,1-4H3,(H,27,28)(H2,20,21,25)/t11-,12-,13-,15?,17?/m1/s1. The highest BCUT2D eigenvalue weighted by Crippen LogP contribution is 2.59. The van der Waals surface area contributed by atoms with Crippen molar-refractivity contribution in [3.8, 4) is 0 Å². The van der Waals surface area contributed by atoms with Gasteiger partial charge in [0.15, 0.2) is 11.6 Å². The monoisotopic (exact) mass is 575 g/mol. The fourth-order valence-corrected chi connectivity index (χ4v) is 5.27. The maximum atomic E-state index is 12.8. The van der Waals surface area contributed by atoms with Gasteiger partial charge in [-0.15, -0.1) is 0 Å². The number of aromatic nitrogens is 2. The molecule has 1 fully saturated rings. The van der Waals surface area contributed by atoms with Gasteiger partial charge in [-0.05, 0) is 48.8 Å². The molecule has 0 aliphatic carbocycles. The van der Waals surface area contributed by atoms with E-state index in [-0.39, 0.29) is 31.5 Å². The first-order valence-corrected chi connectivity index (χ1v) is 12.7. The number of hydrogen-bond acceptors (Lipinski definition) is 9. The smallest absolute Gasteiger partial charge is 0.359 e. The predicted molar refractivity (Wildman–Crippen MR) is 121 cm³/mol. The minimum absolute atomic E-state index is 0.000676. The number of rotatable bonds is 9. The van der Waals surface area contributed by atoms with Crippen molar-refractivity contribution in [2.45, 2.75) is 88.9 Å². The van der Waals surface area contributed by atoms with E-state index in [2.05, 4.69) is 4.98 Å². The summed E-state index contributed by atoms with van der Waals surface area (Å²) in [4.78, 5) is 26.3. The maximum Gasteiger partial charge on any atom is 0.359 e. The average Bonchev–Trinajstić information content (AvgIpc) is 2.97. The average molecular weight is 575 g/mol. The first-order valence-electron chi connectivity index (χ1n) is 10.1. The normalized spacial score (nSPS) is 28.3. The van der Waals surface area contributed by atoms with E-state index in [9.17, 15) is 29.6 Å². The lowest BCUT2D eigenvalue weighted by Gasteiger charge is -2.39. The molecule has 1 aliphatic rings. The van der Waals surface area contributed by atoms with Crippen LogP contribution in [0.3, 0.4) is 0 Å². The first-order chi connectivity index (χ1) is 14.2. The van der Waals surface area contributed by atoms with Gasteiger partial charge in [0.05, 0.1) is 15.3 Å². The van der Waals surface area contributed by atoms with Crippen LogP contribution in [-0.4, -0.2) is 59.0 Å². The van der Waals surface area contributed by atoms with Crippen molar-refractivity contribution < 1.29 is 34.0 Å². The van der Waals surface area contributed by atoms with E-state index in [1.54, 1.807) is 20.8 Å². The fourth-order valence-electron chi connectivity index (χ4n) is 3.40. The number of halogens is 1. The number of ether oxygens (including phenoxy) is 1. The van der Waals surface area contributed by atoms with Gasteiger partial charge in [0, 0.05) is 12.6 Å². The van der Waals surface area contributed by atoms with E-state index in [1.807, 2.05) is 22.6 Å². The molecule has 0 amide bonds. The molecule has 0 aromatic carbocycles. The maximum absolute atomic E-state index is 12.8. The van der Waals surface area contributed by atoms with Gasteiger partial charge in [0.2, 0.25) is 0 Å². The second-order valence-corrected chi connectivity index (χ2v) is 11.3. The molecule has 0 radical (unpaired) electrons. The van der Waals surface area contributed by atoms with Crippen LogP contribution in [0.25, 0.3) is 0 Å². The van der Waals surface area contributed by atoms with E-state index in [4.69, 9.17) is 15.0 Å². The van der Waals surface area contributed by atoms with E-state index in [1.165, 1.54) is 13.1 Å². The number of aliphatic hydroxyl groups is 3. The Labute approximate surface area is 194 Å². The summed E-state index contributed by atoms with van der Waals surface area (Å²) in [5, 5.41) is 29.5. The van der Waals surface area contributed by atoms with Crippen LogP contribution >= 0.6 is 30.2 Å². The number of nitrogens with two attached hydrogens (primary N) is 1. The number of nitrogens with zero attached hydrogens (tertiary/aromatic N) is 2. The Morgan fingerprint density at radius 1 is 1.29 bits per heavy atom. The zero-order valence-corrected chi connectivity index (χ0v) is 21.0. The third-order valence-electron chi connectivity index (χ3n) is 6.00. The molecule has 1 saturated heterocycles.